The lowest BCUT2D eigenvalue weighted by molar-refractivity contribution is -0.129. The van der Waals surface area contributed by atoms with Crippen LogP contribution in [-0.4, -0.2) is 29.8 Å². The maximum atomic E-state index is 12.1. The van der Waals surface area contributed by atoms with E-state index in [1.165, 1.54) is 0 Å². The highest BCUT2D eigenvalue weighted by Gasteiger charge is 2.29. The lowest BCUT2D eigenvalue weighted by atomic mass is 10.1. The van der Waals surface area contributed by atoms with E-state index in [9.17, 15) is 9.59 Å². The van der Waals surface area contributed by atoms with Gasteiger partial charge in [-0.25, -0.2) is 0 Å². The summed E-state index contributed by atoms with van der Waals surface area (Å²) >= 11 is 12.1. The largest absolute Gasteiger partial charge is 0.369 e. The Bertz CT molecular complexity index is 499. The molecule has 0 spiro atoms. The quantitative estimate of drug-likeness (QED) is 0.926. The number of nitrogens with zero attached hydrogens (tertiary/aromatic N) is 1. The molecule has 1 aliphatic heterocycles. The van der Waals surface area contributed by atoms with Crippen molar-refractivity contribution in [3.8, 4) is 0 Å². The van der Waals surface area contributed by atoms with Crippen LogP contribution in [0.15, 0.2) is 18.2 Å². The summed E-state index contributed by atoms with van der Waals surface area (Å²) in [7, 11) is 0. The monoisotopic (exact) mass is 300 g/mol. The normalized spacial score (nSPS) is 18.6. The van der Waals surface area contributed by atoms with Crippen LogP contribution in [0.2, 0.25) is 10.0 Å². The van der Waals surface area contributed by atoms with Crippen LogP contribution in [0.4, 0.5) is 0 Å². The highest BCUT2D eigenvalue weighted by Crippen LogP contribution is 2.26. The van der Waals surface area contributed by atoms with Crippen molar-refractivity contribution in [1.29, 1.82) is 0 Å². The zero-order valence-electron chi connectivity index (χ0n) is 10.2. The van der Waals surface area contributed by atoms with E-state index < -0.39 is 0 Å². The summed E-state index contributed by atoms with van der Waals surface area (Å²) in [6.07, 6.45) is 0.765. The molecule has 2 rings (SSSR count). The zero-order valence-corrected chi connectivity index (χ0v) is 11.7. The fraction of sp³-hybridized carbons (Fsp3) is 0.385. The SMILES string of the molecule is NC(=O)[C@@H]1CCN(C(=O)Cc2c(Cl)cccc2Cl)C1. The lowest BCUT2D eigenvalue weighted by Crippen LogP contribution is -2.32. The van der Waals surface area contributed by atoms with Gasteiger partial charge in [-0.05, 0) is 24.1 Å². The molecule has 0 radical (unpaired) electrons. The van der Waals surface area contributed by atoms with Crippen molar-refractivity contribution < 1.29 is 9.59 Å². The number of rotatable bonds is 3. The van der Waals surface area contributed by atoms with Crippen LogP contribution in [0.25, 0.3) is 0 Å². The van der Waals surface area contributed by atoms with Crippen molar-refractivity contribution >= 4 is 35.0 Å². The number of amides is 2. The van der Waals surface area contributed by atoms with Crippen LogP contribution in [0.3, 0.4) is 0 Å². The summed E-state index contributed by atoms with van der Waals surface area (Å²) in [4.78, 5) is 24.9. The molecule has 1 saturated heterocycles. The second kappa shape index (κ2) is 5.80. The molecule has 2 N–H and O–H groups in total. The van der Waals surface area contributed by atoms with E-state index in [1.807, 2.05) is 0 Å². The molecule has 1 aliphatic rings. The van der Waals surface area contributed by atoms with Gasteiger partial charge in [-0.15, -0.1) is 0 Å². The van der Waals surface area contributed by atoms with Crippen LogP contribution >= 0.6 is 23.2 Å². The third kappa shape index (κ3) is 3.19. The molecule has 4 nitrogen and oxygen atoms in total. The summed E-state index contributed by atoms with van der Waals surface area (Å²) in [5, 5.41) is 0.956. The van der Waals surface area contributed by atoms with Crippen molar-refractivity contribution in [2.75, 3.05) is 13.1 Å². The number of benzene rings is 1. The molecule has 0 saturated carbocycles. The van der Waals surface area contributed by atoms with Crippen LogP contribution in [-0.2, 0) is 16.0 Å². The highest BCUT2D eigenvalue weighted by atomic mass is 35.5. The predicted molar refractivity (Wildman–Crippen MR) is 74.0 cm³/mol. The fourth-order valence-corrected chi connectivity index (χ4v) is 2.71. The molecule has 6 heteroatoms. The van der Waals surface area contributed by atoms with Crippen molar-refractivity contribution in [3.63, 3.8) is 0 Å². The first-order valence-corrected chi connectivity index (χ1v) is 6.74. The van der Waals surface area contributed by atoms with E-state index in [2.05, 4.69) is 0 Å². The van der Waals surface area contributed by atoms with E-state index in [4.69, 9.17) is 28.9 Å². The Morgan fingerprint density at radius 1 is 1.32 bits per heavy atom. The lowest BCUT2D eigenvalue weighted by Gasteiger charge is -2.16. The zero-order chi connectivity index (χ0) is 14.0. The molecule has 1 atom stereocenters. The van der Waals surface area contributed by atoms with Crippen molar-refractivity contribution in [2.45, 2.75) is 12.8 Å². The molecular weight excluding hydrogens is 287 g/mol. The number of carbonyl (C=O) groups is 2. The third-order valence-corrected chi connectivity index (χ3v) is 4.04. The number of primary amides is 1. The average Bonchev–Trinajstić information content (AvgIpc) is 2.83. The second-order valence-electron chi connectivity index (χ2n) is 4.60. The number of nitrogens with two attached hydrogens (primary N) is 1. The number of hydrogen-bond acceptors (Lipinski definition) is 2. The van der Waals surface area contributed by atoms with E-state index in [-0.39, 0.29) is 24.2 Å². The van der Waals surface area contributed by atoms with Gasteiger partial charge in [-0.2, -0.15) is 0 Å². The molecular formula is C13H14Cl2N2O2. The number of carbonyl (C=O) groups excluding carboxylic acids is 2. The third-order valence-electron chi connectivity index (χ3n) is 3.33. The van der Waals surface area contributed by atoms with Gasteiger partial charge in [0.05, 0.1) is 12.3 Å². The molecule has 0 unspecified atom stereocenters. The van der Waals surface area contributed by atoms with E-state index in [1.54, 1.807) is 23.1 Å². The Balaban J connectivity index is 2.04. The first-order chi connectivity index (χ1) is 8.99. The van der Waals surface area contributed by atoms with E-state index in [0.29, 0.717) is 35.1 Å². The number of halogens is 2. The minimum absolute atomic E-state index is 0.0845. The van der Waals surface area contributed by atoms with Crippen LogP contribution in [0.5, 0.6) is 0 Å². The molecule has 1 heterocycles. The smallest absolute Gasteiger partial charge is 0.227 e. The predicted octanol–water partition coefficient (Wildman–Crippen LogP) is 1.87. The topological polar surface area (TPSA) is 63.4 Å². The van der Waals surface area contributed by atoms with Crippen molar-refractivity contribution in [2.24, 2.45) is 11.7 Å². The molecule has 0 bridgehead atoms. The molecule has 1 aromatic rings. The number of likely N-dealkylation sites (tertiary alicyclic amines) is 1. The first-order valence-electron chi connectivity index (χ1n) is 5.99. The van der Waals surface area contributed by atoms with Gasteiger partial charge in [-0.1, -0.05) is 29.3 Å². The summed E-state index contributed by atoms with van der Waals surface area (Å²) in [5.74, 6) is -0.685. The van der Waals surface area contributed by atoms with Crippen molar-refractivity contribution in [3.05, 3.63) is 33.8 Å². The van der Waals surface area contributed by atoms with Crippen molar-refractivity contribution in [1.82, 2.24) is 4.90 Å². The summed E-state index contributed by atoms with van der Waals surface area (Å²) in [6, 6.07) is 5.14. The van der Waals surface area contributed by atoms with Gasteiger partial charge >= 0.3 is 0 Å². The molecule has 19 heavy (non-hydrogen) atoms. The summed E-state index contributed by atoms with van der Waals surface area (Å²) < 4.78 is 0. The first kappa shape index (κ1) is 14.2. The summed E-state index contributed by atoms with van der Waals surface area (Å²) in [5.41, 5.74) is 5.87. The van der Waals surface area contributed by atoms with Gasteiger partial charge in [-0.3, -0.25) is 9.59 Å². The summed E-state index contributed by atoms with van der Waals surface area (Å²) in [6.45, 7) is 0.935. The fourth-order valence-electron chi connectivity index (χ4n) is 2.18. The Morgan fingerprint density at radius 2 is 1.95 bits per heavy atom. The van der Waals surface area contributed by atoms with E-state index >= 15 is 0 Å². The van der Waals surface area contributed by atoms with Gasteiger partial charge in [0.15, 0.2) is 0 Å². The molecule has 1 fully saturated rings. The minimum atomic E-state index is -0.355. The molecule has 2 amide bonds. The van der Waals surface area contributed by atoms with Crippen LogP contribution < -0.4 is 5.73 Å². The standard InChI is InChI=1S/C13H14Cl2N2O2/c14-10-2-1-3-11(15)9(10)6-12(18)17-5-4-8(7-17)13(16)19/h1-3,8H,4-7H2,(H2,16,19)/t8-/m1/s1. The van der Waals surface area contributed by atoms with Gasteiger partial charge in [0.2, 0.25) is 11.8 Å². The van der Waals surface area contributed by atoms with Gasteiger partial charge in [0.1, 0.15) is 0 Å². The molecule has 1 aromatic carbocycles. The number of hydrogen-bond donors (Lipinski definition) is 1. The van der Waals surface area contributed by atoms with Gasteiger partial charge < -0.3 is 10.6 Å². The second-order valence-corrected chi connectivity index (χ2v) is 5.42. The molecule has 102 valence electrons. The maximum absolute atomic E-state index is 12.1. The minimum Gasteiger partial charge on any atom is -0.369 e. The average molecular weight is 301 g/mol. The van der Waals surface area contributed by atoms with Gasteiger partial charge in [0.25, 0.3) is 0 Å². The van der Waals surface area contributed by atoms with Gasteiger partial charge in [0, 0.05) is 23.1 Å². The Hall–Kier alpha value is -1.26. The Morgan fingerprint density at radius 3 is 2.47 bits per heavy atom. The molecule has 0 aromatic heterocycles. The maximum Gasteiger partial charge on any atom is 0.227 e. The van der Waals surface area contributed by atoms with E-state index in [0.717, 1.165) is 0 Å². The highest BCUT2D eigenvalue weighted by molar-refractivity contribution is 6.36. The van der Waals surface area contributed by atoms with Crippen LogP contribution in [0, 0.1) is 5.92 Å². The van der Waals surface area contributed by atoms with Crippen LogP contribution in [0.1, 0.15) is 12.0 Å². The molecule has 0 aliphatic carbocycles. The Labute approximate surface area is 121 Å². The Kier molecular flexibility index (Phi) is 4.32.